The van der Waals surface area contributed by atoms with E-state index < -0.39 is 23.5 Å². The van der Waals surface area contributed by atoms with Gasteiger partial charge in [0.15, 0.2) is 0 Å². The summed E-state index contributed by atoms with van der Waals surface area (Å²) in [7, 11) is 0. The minimum absolute atomic E-state index is 0.0478. The first-order valence-corrected chi connectivity index (χ1v) is 9.98. The summed E-state index contributed by atoms with van der Waals surface area (Å²) in [6, 6.07) is 16.5. The van der Waals surface area contributed by atoms with Crippen molar-refractivity contribution in [1.82, 2.24) is 4.57 Å². The summed E-state index contributed by atoms with van der Waals surface area (Å²) >= 11 is 0. The molecule has 8 heteroatoms. The van der Waals surface area contributed by atoms with Gasteiger partial charge in [-0.3, -0.25) is 4.79 Å². The van der Waals surface area contributed by atoms with Crippen molar-refractivity contribution in [2.24, 2.45) is 5.73 Å². The minimum Gasteiger partial charge on any atom is -0.464 e. The molecule has 0 aliphatic rings. The van der Waals surface area contributed by atoms with Gasteiger partial charge in [-0.2, -0.15) is 13.2 Å². The van der Waals surface area contributed by atoms with Crippen molar-refractivity contribution >= 4 is 27.7 Å². The average Bonchev–Trinajstić information content (AvgIpc) is 3.41. The number of aromatic nitrogens is 1. The molecule has 0 aliphatic carbocycles. The van der Waals surface area contributed by atoms with Gasteiger partial charge < -0.3 is 14.7 Å². The number of fused-ring (bicyclic) bond motifs is 3. The predicted octanol–water partition coefficient (Wildman–Crippen LogP) is 6.36. The van der Waals surface area contributed by atoms with E-state index in [4.69, 9.17) is 10.2 Å². The van der Waals surface area contributed by atoms with E-state index in [-0.39, 0.29) is 12.1 Å². The SMILES string of the molecule is NC(=O)c1cccc2c1c1ccc(-c3ccco3)cc1n2Cc1ccc(C(F)(F)F)cc1F. The number of carbonyl (C=O) groups is 1. The van der Waals surface area contributed by atoms with E-state index >= 15 is 0 Å². The Morgan fingerprint density at radius 1 is 0.970 bits per heavy atom. The Balaban J connectivity index is 1.75. The Kier molecular flexibility index (Phi) is 4.74. The van der Waals surface area contributed by atoms with E-state index in [9.17, 15) is 22.4 Å². The summed E-state index contributed by atoms with van der Waals surface area (Å²) in [4.78, 5) is 12.1. The van der Waals surface area contributed by atoms with Crippen LogP contribution in [0.25, 0.3) is 33.1 Å². The highest BCUT2D eigenvalue weighted by Crippen LogP contribution is 2.36. The van der Waals surface area contributed by atoms with Crippen LogP contribution in [0.1, 0.15) is 21.5 Å². The van der Waals surface area contributed by atoms with Gasteiger partial charge in [0.1, 0.15) is 11.6 Å². The van der Waals surface area contributed by atoms with Crippen molar-refractivity contribution in [2.75, 3.05) is 0 Å². The Bertz CT molecular complexity index is 1520. The van der Waals surface area contributed by atoms with Gasteiger partial charge in [0.05, 0.1) is 29.4 Å². The highest BCUT2D eigenvalue weighted by atomic mass is 19.4. The van der Waals surface area contributed by atoms with Crippen LogP contribution in [0.5, 0.6) is 0 Å². The molecule has 0 unspecified atom stereocenters. The predicted molar refractivity (Wildman–Crippen MR) is 116 cm³/mol. The van der Waals surface area contributed by atoms with Gasteiger partial charge in [-0.25, -0.2) is 4.39 Å². The molecule has 5 rings (SSSR count). The number of hydrogen-bond donors (Lipinski definition) is 1. The second kappa shape index (κ2) is 7.51. The van der Waals surface area contributed by atoms with E-state index in [2.05, 4.69) is 0 Å². The van der Waals surface area contributed by atoms with Gasteiger partial charge in [-0.15, -0.1) is 0 Å². The van der Waals surface area contributed by atoms with E-state index in [0.29, 0.717) is 39.2 Å². The molecule has 166 valence electrons. The van der Waals surface area contributed by atoms with Crippen LogP contribution in [0.3, 0.4) is 0 Å². The Hall–Kier alpha value is -4.07. The van der Waals surface area contributed by atoms with Crippen LogP contribution in [0.2, 0.25) is 0 Å². The zero-order valence-electron chi connectivity index (χ0n) is 17.0. The van der Waals surface area contributed by atoms with Crippen LogP contribution in [0.15, 0.2) is 77.4 Å². The number of alkyl halides is 3. The van der Waals surface area contributed by atoms with E-state index in [1.54, 1.807) is 34.9 Å². The van der Waals surface area contributed by atoms with E-state index in [1.807, 2.05) is 18.2 Å². The normalized spacial score (nSPS) is 12.0. The molecular formula is C25H16F4N2O2. The number of benzene rings is 3. The first-order valence-electron chi connectivity index (χ1n) is 9.98. The molecule has 2 heterocycles. The third kappa shape index (κ3) is 3.53. The molecule has 0 aliphatic heterocycles. The third-order valence-electron chi connectivity index (χ3n) is 5.67. The van der Waals surface area contributed by atoms with Gasteiger partial charge in [0.2, 0.25) is 5.91 Å². The van der Waals surface area contributed by atoms with Gasteiger partial charge in [0.25, 0.3) is 0 Å². The molecule has 0 radical (unpaired) electrons. The van der Waals surface area contributed by atoms with Gasteiger partial charge in [-0.1, -0.05) is 24.3 Å². The van der Waals surface area contributed by atoms with E-state index in [0.717, 1.165) is 17.7 Å². The maximum Gasteiger partial charge on any atom is 0.416 e. The summed E-state index contributed by atoms with van der Waals surface area (Å²) in [6.07, 6.45) is -3.10. The molecule has 0 fully saturated rings. The molecule has 33 heavy (non-hydrogen) atoms. The molecule has 4 nitrogen and oxygen atoms in total. The highest BCUT2D eigenvalue weighted by molar-refractivity contribution is 6.18. The number of primary amides is 1. The van der Waals surface area contributed by atoms with Crippen molar-refractivity contribution in [2.45, 2.75) is 12.7 Å². The Morgan fingerprint density at radius 2 is 1.79 bits per heavy atom. The molecule has 0 spiro atoms. The van der Waals surface area contributed by atoms with Crippen molar-refractivity contribution in [3.05, 3.63) is 95.5 Å². The van der Waals surface area contributed by atoms with Crippen LogP contribution >= 0.6 is 0 Å². The third-order valence-corrected chi connectivity index (χ3v) is 5.67. The molecule has 0 saturated carbocycles. The fraction of sp³-hybridized carbons (Fsp3) is 0.0800. The summed E-state index contributed by atoms with van der Waals surface area (Å²) in [6.45, 7) is -0.0478. The summed E-state index contributed by atoms with van der Waals surface area (Å²) < 4.78 is 60.8. The highest BCUT2D eigenvalue weighted by Gasteiger charge is 2.31. The lowest BCUT2D eigenvalue weighted by Crippen LogP contribution is -2.11. The maximum atomic E-state index is 14.7. The topological polar surface area (TPSA) is 61.2 Å². The number of rotatable bonds is 4. The van der Waals surface area contributed by atoms with E-state index in [1.165, 1.54) is 6.26 Å². The Labute approximate surface area is 184 Å². The lowest BCUT2D eigenvalue weighted by molar-refractivity contribution is -0.137. The molecule has 2 aromatic heterocycles. The van der Waals surface area contributed by atoms with Crippen molar-refractivity contribution in [1.29, 1.82) is 0 Å². The summed E-state index contributed by atoms with van der Waals surface area (Å²) in [5.74, 6) is -0.965. The van der Waals surface area contributed by atoms with Crippen molar-refractivity contribution in [3.63, 3.8) is 0 Å². The molecule has 1 amide bonds. The van der Waals surface area contributed by atoms with Gasteiger partial charge in [0, 0.05) is 27.5 Å². The molecule has 2 N–H and O–H groups in total. The number of halogens is 4. The van der Waals surface area contributed by atoms with Gasteiger partial charge in [-0.05, 0) is 42.5 Å². The lowest BCUT2D eigenvalue weighted by Gasteiger charge is -2.12. The molecule has 0 atom stereocenters. The number of amides is 1. The van der Waals surface area contributed by atoms with Crippen LogP contribution in [-0.2, 0) is 12.7 Å². The zero-order valence-corrected chi connectivity index (χ0v) is 17.0. The van der Waals surface area contributed by atoms with Crippen LogP contribution in [0.4, 0.5) is 17.6 Å². The fourth-order valence-corrected chi connectivity index (χ4v) is 4.14. The number of furan rings is 1. The van der Waals surface area contributed by atoms with Crippen LogP contribution < -0.4 is 5.73 Å². The maximum absolute atomic E-state index is 14.7. The van der Waals surface area contributed by atoms with Crippen LogP contribution in [-0.4, -0.2) is 10.5 Å². The zero-order chi connectivity index (χ0) is 23.3. The van der Waals surface area contributed by atoms with Gasteiger partial charge >= 0.3 is 6.18 Å². The number of nitrogens with two attached hydrogens (primary N) is 1. The molecule has 0 saturated heterocycles. The average molecular weight is 452 g/mol. The first-order chi connectivity index (χ1) is 15.7. The lowest BCUT2D eigenvalue weighted by atomic mass is 10.0. The summed E-state index contributed by atoms with van der Waals surface area (Å²) in [5.41, 5.74) is 6.94. The summed E-state index contributed by atoms with van der Waals surface area (Å²) in [5, 5.41) is 1.31. The fourth-order valence-electron chi connectivity index (χ4n) is 4.14. The van der Waals surface area contributed by atoms with Crippen LogP contribution in [0, 0.1) is 5.82 Å². The molecule has 3 aromatic carbocycles. The molecular weight excluding hydrogens is 436 g/mol. The molecule has 0 bridgehead atoms. The second-order valence-electron chi connectivity index (χ2n) is 7.66. The number of carbonyl (C=O) groups excluding carboxylic acids is 1. The standard InChI is InChI=1S/C25H16F4N2O2/c26-19-12-16(25(27,28)29)8-6-15(19)13-31-20-4-1-3-18(24(30)32)23(20)17-9-7-14(11-21(17)31)22-5-2-10-33-22/h1-12H,13H2,(H2,30,32). The quantitative estimate of drug-likeness (QED) is 0.323. The smallest absolute Gasteiger partial charge is 0.416 e. The largest absolute Gasteiger partial charge is 0.464 e. The Morgan fingerprint density at radius 3 is 2.45 bits per heavy atom. The number of nitrogens with zero attached hydrogens (tertiary/aromatic N) is 1. The minimum atomic E-state index is -4.64. The molecule has 5 aromatic rings. The first kappa shape index (κ1) is 20.8. The number of hydrogen-bond acceptors (Lipinski definition) is 2. The monoisotopic (exact) mass is 452 g/mol. The second-order valence-corrected chi connectivity index (χ2v) is 7.66. The van der Waals surface area contributed by atoms with Crippen molar-refractivity contribution < 1.29 is 26.8 Å². The van der Waals surface area contributed by atoms with Crippen molar-refractivity contribution in [3.8, 4) is 11.3 Å².